The summed E-state index contributed by atoms with van der Waals surface area (Å²) in [5.74, 6) is 1.21. The fraction of sp³-hybridized carbons (Fsp3) is 0.536. The Kier molecular flexibility index (Phi) is 8.44. The molecule has 2 aromatic rings. The molecule has 1 saturated heterocycles. The van der Waals surface area contributed by atoms with Crippen LogP contribution >= 0.6 is 0 Å². The predicted molar refractivity (Wildman–Crippen MR) is 137 cm³/mol. The van der Waals surface area contributed by atoms with E-state index in [1.807, 2.05) is 42.3 Å². The monoisotopic (exact) mass is 481 g/mol. The zero-order valence-electron chi connectivity index (χ0n) is 21.3. The number of aliphatic hydroxyl groups is 1. The highest BCUT2D eigenvalue weighted by atomic mass is 16.7. The summed E-state index contributed by atoms with van der Waals surface area (Å²) < 4.78 is 5.96. The van der Waals surface area contributed by atoms with E-state index in [1.54, 1.807) is 7.11 Å². The van der Waals surface area contributed by atoms with Crippen molar-refractivity contribution in [1.82, 2.24) is 9.96 Å². The number of amides is 1. The van der Waals surface area contributed by atoms with Crippen LogP contribution in [-0.4, -0.2) is 67.5 Å². The Labute approximate surface area is 209 Å². The van der Waals surface area contributed by atoms with E-state index in [9.17, 15) is 9.90 Å². The van der Waals surface area contributed by atoms with Crippen LogP contribution in [0.5, 0.6) is 5.75 Å². The molecule has 5 atom stereocenters. The number of aliphatic hydroxyl groups excluding tert-OH is 1. The maximum atomic E-state index is 13.2. The van der Waals surface area contributed by atoms with Crippen molar-refractivity contribution in [1.29, 1.82) is 0 Å². The second kappa shape index (κ2) is 11.5. The third-order valence-corrected chi connectivity index (χ3v) is 7.53. The molecule has 1 heterocycles. The number of methoxy groups -OCH3 is 1. The first kappa shape index (κ1) is 25.6. The molecule has 35 heavy (non-hydrogen) atoms. The number of hydrogen-bond acceptors (Lipinski definition) is 6. The molecule has 2 N–H and O–H groups in total. The molecule has 190 valence electrons. The maximum Gasteiger partial charge on any atom is 0.227 e. The largest absolute Gasteiger partial charge is 0.496 e. The van der Waals surface area contributed by atoms with Crippen molar-refractivity contribution in [2.45, 2.75) is 50.8 Å². The Bertz CT molecular complexity index is 981. The van der Waals surface area contributed by atoms with E-state index in [2.05, 4.69) is 42.5 Å². The summed E-state index contributed by atoms with van der Waals surface area (Å²) in [7, 11) is 5.91. The lowest BCUT2D eigenvalue weighted by molar-refractivity contribution is -0.121. The van der Waals surface area contributed by atoms with E-state index in [4.69, 9.17) is 9.57 Å². The van der Waals surface area contributed by atoms with E-state index in [0.29, 0.717) is 25.7 Å². The third kappa shape index (κ3) is 6.22. The summed E-state index contributed by atoms with van der Waals surface area (Å²) in [5, 5.41) is 14.9. The minimum absolute atomic E-state index is 0.0802. The number of ether oxygens (including phenoxy) is 1. The van der Waals surface area contributed by atoms with Crippen LogP contribution in [0.3, 0.4) is 0 Å². The smallest absolute Gasteiger partial charge is 0.227 e. The predicted octanol–water partition coefficient (Wildman–Crippen LogP) is 3.89. The van der Waals surface area contributed by atoms with Crippen LogP contribution < -0.4 is 10.1 Å². The molecule has 1 aliphatic carbocycles. The number of rotatable bonds is 8. The van der Waals surface area contributed by atoms with Crippen molar-refractivity contribution in [3.8, 4) is 5.75 Å². The topological polar surface area (TPSA) is 74.3 Å². The molecule has 0 radical (unpaired) electrons. The minimum atomic E-state index is -0.391. The molecule has 7 heteroatoms. The number of hydroxylamine groups is 2. The minimum Gasteiger partial charge on any atom is -0.496 e. The molecule has 4 rings (SSSR count). The van der Waals surface area contributed by atoms with Crippen molar-refractivity contribution in [3.63, 3.8) is 0 Å². The summed E-state index contributed by atoms with van der Waals surface area (Å²) in [4.78, 5) is 21.3. The van der Waals surface area contributed by atoms with Gasteiger partial charge in [0.15, 0.2) is 0 Å². The lowest BCUT2D eigenvalue weighted by Gasteiger charge is -2.38. The Morgan fingerprint density at radius 1 is 1.17 bits per heavy atom. The van der Waals surface area contributed by atoms with Gasteiger partial charge in [0.05, 0.1) is 26.4 Å². The summed E-state index contributed by atoms with van der Waals surface area (Å²) in [5.41, 5.74) is 3.05. The number of para-hydroxylation sites is 2. The molecule has 1 amide bonds. The first-order valence-electron chi connectivity index (χ1n) is 12.6. The highest BCUT2D eigenvalue weighted by Gasteiger charge is 2.36. The first-order chi connectivity index (χ1) is 16.9. The van der Waals surface area contributed by atoms with Gasteiger partial charge < -0.3 is 20.1 Å². The Balaban J connectivity index is 1.54. The number of carbonyl (C=O) groups is 1. The van der Waals surface area contributed by atoms with Gasteiger partial charge in [-0.25, -0.2) is 0 Å². The number of nitrogens with one attached hydrogen (secondary N) is 1. The van der Waals surface area contributed by atoms with Crippen molar-refractivity contribution >= 4 is 11.6 Å². The van der Waals surface area contributed by atoms with Gasteiger partial charge in [-0.05, 0) is 63.9 Å². The van der Waals surface area contributed by atoms with Gasteiger partial charge in [-0.1, -0.05) is 36.4 Å². The molecule has 0 spiro atoms. The lowest BCUT2D eigenvalue weighted by atomic mass is 9.74. The SMILES string of the molecule is COc1c(CN2C[C@@H]([C@H](C)O)CO2)cccc1C1CC(C(=O)Nc2ccccc2)CC(N(C)C)C1. The van der Waals surface area contributed by atoms with E-state index < -0.39 is 6.10 Å². The Hall–Kier alpha value is -2.45. The molecule has 2 aromatic carbocycles. The number of anilines is 1. The first-order valence-corrected chi connectivity index (χ1v) is 12.6. The van der Waals surface area contributed by atoms with E-state index in [0.717, 1.165) is 41.8 Å². The zero-order valence-corrected chi connectivity index (χ0v) is 21.3. The molecule has 2 fully saturated rings. The molecule has 7 nitrogen and oxygen atoms in total. The number of nitrogens with zero attached hydrogens (tertiary/aromatic N) is 2. The standard InChI is InChI=1S/C28H39N3O4/c1-19(32)23-17-31(35-18-23)16-20-9-8-12-26(27(20)34-4)21-13-22(15-25(14-21)30(2)3)28(33)29-24-10-6-5-7-11-24/h5-12,19,21-23,25,32H,13-18H2,1-4H3,(H,29,33)/t19-,21?,22?,23+,25?/m0/s1. The van der Waals surface area contributed by atoms with E-state index in [-0.39, 0.29) is 23.7 Å². The summed E-state index contributed by atoms with van der Waals surface area (Å²) in [6.07, 6.45) is 2.21. The van der Waals surface area contributed by atoms with Gasteiger partial charge in [0.25, 0.3) is 0 Å². The molecule has 2 aliphatic rings. The van der Waals surface area contributed by atoms with Crippen molar-refractivity contribution in [3.05, 3.63) is 59.7 Å². The second-order valence-electron chi connectivity index (χ2n) is 10.2. The van der Waals surface area contributed by atoms with Crippen LogP contribution in [-0.2, 0) is 16.2 Å². The second-order valence-corrected chi connectivity index (χ2v) is 10.2. The molecule has 1 aliphatic heterocycles. The number of hydrogen-bond donors (Lipinski definition) is 2. The summed E-state index contributed by atoms with van der Waals surface area (Å²) in [6.45, 7) is 3.64. The van der Waals surface area contributed by atoms with E-state index in [1.165, 1.54) is 0 Å². The van der Waals surface area contributed by atoms with E-state index >= 15 is 0 Å². The summed E-state index contributed by atoms with van der Waals surface area (Å²) >= 11 is 0. The van der Waals surface area contributed by atoms with Gasteiger partial charge in [0.1, 0.15) is 5.75 Å². The number of benzene rings is 2. The van der Waals surface area contributed by atoms with Crippen LogP contribution in [0.4, 0.5) is 5.69 Å². The van der Waals surface area contributed by atoms with Crippen molar-refractivity contribution in [2.75, 3.05) is 39.7 Å². The Morgan fingerprint density at radius 3 is 2.60 bits per heavy atom. The fourth-order valence-electron chi connectivity index (χ4n) is 5.40. The number of carbonyl (C=O) groups excluding carboxylic acids is 1. The summed E-state index contributed by atoms with van der Waals surface area (Å²) in [6, 6.07) is 16.3. The van der Waals surface area contributed by atoms with Gasteiger partial charge in [-0.2, -0.15) is 5.06 Å². The molecule has 1 saturated carbocycles. The highest BCUT2D eigenvalue weighted by Crippen LogP contribution is 2.43. The van der Waals surface area contributed by atoms with Gasteiger partial charge in [0, 0.05) is 35.7 Å². The van der Waals surface area contributed by atoms with Crippen LogP contribution in [0.2, 0.25) is 0 Å². The quantitative estimate of drug-likeness (QED) is 0.596. The third-order valence-electron chi connectivity index (χ3n) is 7.53. The van der Waals surface area contributed by atoms with Crippen molar-refractivity contribution < 1.29 is 19.5 Å². The average Bonchev–Trinajstić information content (AvgIpc) is 3.33. The van der Waals surface area contributed by atoms with Crippen LogP contribution in [0.15, 0.2) is 48.5 Å². The van der Waals surface area contributed by atoms with Gasteiger partial charge in [-0.3, -0.25) is 9.63 Å². The normalized spacial score (nSPS) is 26.0. The maximum absolute atomic E-state index is 13.2. The van der Waals surface area contributed by atoms with Gasteiger partial charge in [0.2, 0.25) is 5.91 Å². The van der Waals surface area contributed by atoms with Crippen molar-refractivity contribution in [2.24, 2.45) is 11.8 Å². The van der Waals surface area contributed by atoms with Crippen LogP contribution in [0, 0.1) is 11.8 Å². The zero-order chi connectivity index (χ0) is 24.9. The van der Waals surface area contributed by atoms with Gasteiger partial charge >= 0.3 is 0 Å². The Morgan fingerprint density at radius 2 is 1.94 bits per heavy atom. The molecular formula is C28H39N3O4. The molecule has 0 bridgehead atoms. The fourth-order valence-corrected chi connectivity index (χ4v) is 5.40. The highest BCUT2D eigenvalue weighted by molar-refractivity contribution is 5.92. The molecular weight excluding hydrogens is 442 g/mol. The molecule has 3 unspecified atom stereocenters. The molecule has 0 aromatic heterocycles. The van der Waals surface area contributed by atoms with Gasteiger partial charge in [-0.15, -0.1) is 0 Å². The average molecular weight is 482 g/mol. The lowest BCUT2D eigenvalue weighted by Crippen LogP contribution is -2.40. The van der Waals surface area contributed by atoms with Crippen LogP contribution in [0.1, 0.15) is 43.2 Å². The van der Waals surface area contributed by atoms with Crippen LogP contribution in [0.25, 0.3) is 0 Å².